The third-order valence-electron chi connectivity index (χ3n) is 5.78. The standard InChI is InChI=1S/C27H31NO2S/c1-3-4-5-6-7-8-9-11-20(2)23-18-25(26(29)24-12-10-17-30-24)31-27(23)22-15-13-21(19-28)14-16-22/h10,12-18,20H,3-9,11H2,1-2H3. The number of furan rings is 1. The molecule has 0 aliphatic carbocycles. The lowest BCUT2D eigenvalue weighted by atomic mass is 9.92. The second-order valence-electron chi connectivity index (χ2n) is 8.20. The van der Waals surface area contributed by atoms with Crippen molar-refractivity contribution in [1.82, 2.24) is 0 Å². The highest BCUT2D eigenvalue weighted by Crippen LogP contribution is 2.39. The Labute approximate surface area is 189 Å². The molecular formula is C27H31NO2S. The van der Waals surface area contributed by atoms with Crippen LogP contribution in [0.3, 0.4) is 0 Å². The molecule has 0 aliphatic heterocycles. The van der Waals surface area contributed by atoms with Crippen molar-refractivity contribution in [1.29, 1.82) is 5.26 Å². The Hall–Kier alpha value is -2.64. The van der Waals surface area contributed by atoms with Crippen LogP contribution in [-0.4, -0.2) is 5.78 Å². The van der Waals surface area contributed by atoms with Crippen LogP contribution in [-0.2, 0) is 0 Å². The van der Waals surface area contributed by atoms with Crippen molar-refractivity contribution >= 4 is 17.1 Å². The maximum Gasteiger partial charge on any atom is 0.238 e. The van der Waals surface area contributed by atoms with E-state index >= 15 is 0 Å². The monoisotopic (exact) mass is 433 g/mol. The number of hydrogen-bond acceptors (Lipinski definition) is 4. The van der Waals surface area contributed by atoms with Gasteiger partial charge in [-0.3, -0.25) is 4.79 Å². The molecule has 0 saturated heterocycles. The van der Waals surface area contributed by atoms with Gasteiger partial charge in [0.2, 0.25) is 5.78 Å². The smallest absolute Gasteiger partial charge is 0.238 e. The molecule has 162 valence electrons. The van der Waals surface area contributed by atoms with Crippen molar-refractivity contribution in [3.63, 3.8) is 0 Å². The fourth-order valence-corrected chi connectivity index (χ4v) is 5.13. The summed E-state index contributed by atoms with van der Waals surface area (Å²) in [5.41, 5.74) is 2.92. The summed E-state index contributed by atoms with van der Waals surface area (Å²) in [6, 6.07) is 15.3. The number of carbonyl (C=O) groups is 1. The van der Waals surface area contributed by atoms with Crippen molar-refractivity contribution in [2.75, 3.05) is 0 Å². The van der Waals surface area contributed by atoms with Crippen molar-refractivity contribution in [3.8, 4) is 16.5 Å². The molecule has 0 amide bonds. The molecule has 0 spiro atoms. The van der Waals surface area contributed by atoms with Gasteiger partial charge in [-0.05, 0) is 53.8 Å². The zero-order chi connectivity index (χ0) is 22.1. The molecule has 1 atom stereocenters. The molecule has 0 radical (unpaired) electrons. The van der Waals surface area contributed by atoms with Crippen LogP contribution in [0.4, 0.5) is 0 Å². The van der Waals surface area contributed by atoms with E-state index in [2.05, 4.69) is 26.0 Å². The van der Waals surface area contributed by atoms with Crippen molar-refractivity contribution in [3.05, 3.63) is 70.5 Å². The first-order valence-corrected chi connectivity index (χ1v) is 12.2. The van der Waals surface area contributed by atoms with Gasteiger partial charge in [-0.2, -0.15) is 5.26 Å². The van der Waals surface area contributed by atoms with E-state index in [1.165, 1.54) is 68.1 Å². The van der Waals surface area contributed by atoms with Gasteiger partial charge in [0.05, 0.1) is 22.8 Å². The Kier molecular flexibility index (Phi) is 8.67. The van der Waals surface area contributed by atoms with E-state index in [0.717, 1.165) is 16.9 Å². The summed E-state index contributed by atoms with van der Waals surface area (Å²) in [6.45, 7) is 4.51. The SMILES string of the molecule is CCCCCCCCCC(C)c1cc(C(=O)c2ccco2)sc1-c1ccc(C#N)cc1. The highest BCUT2D eigenvalue weighted by Gasteiger charge is 2.22. The lowest BCUT2D eigenvalue weighted by molar-refractivity contribution is 0.101. The van der Waals surface area contributed by atoms with E-state index in [-0.39, 0.29) is 5.78 Å². The Bertz CT molecular complexity index is 993. The normalized spacial score (nSPS) is 11.9. The van der Waals surface area contributed by atoms with Crippen LogP contribution in [0.5, 0.6) is 0 Å². The fourth-order valence-electron chi connectivity index (χ4n) is 3.90. The van der Waals surface area contributed by atoms with E-state index in [1.54, 1.807) is 12.1 Å². The summed E-state index contributed by atoms with van der Waals surface area (Å²) >= 11 is 1.52. The number of nitriles is 1. The van der Waals surface area contributed by atoms with Gasteiger partial charge < -0.3 is 4.42 Å². The summed E-state index contributed by atoms with van der Waals surface area (Å²) in [5, 5.41) is 9.11. The Morgan fingerprint density at radius 2 is 1.77 bits per heavy atom. The van der Waals surface area contributed by atoms with Crippen LogP contribution in [0.1, 0.15) is 97.7 Å². The average molecular weight is 434 g/mol. The molecule has 1 aromatic carbocycles. The topological polar surface area (TPSA) is 54.0 Å². The minimum atomic E-state index is -0.0701. The fraction of sp³-hybridized carbons (Fsp3) is 0.407. The number of thiophene rings is 1. The van der Waals surface area contributed by atoms with Gasteiger partial charge in [0, 0.05) is 4.88 Å². The quantitative estimate of drug-likeness (QED) is 0.213. The second kappa shape index (κ2) is 11.7. The van der Waals surface area contributed by atoms with Crippen molar-refractivity contribution < 1.29 is 9.21 Å². The number of rotatable bonds is 12. The molecular weight excluding hydrogens is 402 g/mol. The van der Waals surface area contributed by atoms with Crippen LogP contribution in [0, 0.1) is 11.3 Å². The molecule has 0 aliphatic rings. The van der Waals surface area contributed by atoms with E-state index in [9.17, 15) is 4.79 Å². The molecule has 2 heterocycles. The zero-order valence-electron chi connectivity index (χ0n) is 18.5. The van der Waals surface area contributed by atoms with Gasteiger partial charge in [-0.1, -0.05) is 70.9 Å². The minimum Gasteiger partial charge on any atom is -0.461 e. The largest absolute Gasteiger partial charge is 0.461 e. The van der Waals surface area contributed by atoms with Crippen LogP contribution in [0.25, 0.3) is 10.4 Å². The van der Waals surface area contributed by atoms with Gasteiger partial charge in [-0.15, -0.1) is 11.3 Å². The molecule has 3 nitrogen and oxygen atoms in total. The lowest BCUT2D eigenvalue weighted by Gasteiger charge is -2.13. The van der Waals surface area contributed by atoms with E-state index in [4.69, 9.17) is 9.68 Å². The average Bonchev–Trinajstić information content (AvgIpc) is 3.48. The maximum absolute atomic E-state index is 12.9. The van der Waals surface area contributed by atoms with Gasteiger partial charge in [0.1, 0.15) is 0 Å². The van der Waals surface area contributed by atoms with Crippen molar-refractivity contribution in [2.45, 2.75) is 71.1 Å². The molecule has 4 heteroatoms. The second-order valence-corrected chi connectivity index (χ2v) is 9.25. The number of carbonyl (C=O) groups excluding carboxylic acids is 1. The van der Waals surface area contributed by atoms with Gasteiger partial charge in [0.15, 0.2) is 5.76 Å². The number of hydrogen-bond donors (Lipinski definition) is 0. The predicted octanol–water partition coefficient (Wildman–Crippen LogP) is 8.35. The Morgan fingerprint density at radius 1 is 1.06 bits per heavy atom. The first-order chi connectivity index (χ1) is 15.1. The first kappa shape index (κ1) is 23.0. The molecule has 0 fully saturated rings. The summed E-state index contributed by atoms with van der Waals surface area (Å²) in [6.07, 6.45) is 11.7. The molecule has 2 aromatic heterocycles. The van der Waals surface area contributed by atoms with Gasteiger partial charge >= 0.3 is 0 Å². The third-order valence-corrected chi connectivity index (χ3v) is 6.98. The van der Waals surface area contributed by atoms with Crippen LogP contribution < -0.4 is 0 Å². The Balaban J connectivity index is 1.76. The molecule has 31 heavy (non-hydrogen) atoms. The highest BCUT2D eigenvalue weighted by atomic mass is 32.1. The predicted molar refractivity (Wildman–Crippen MR) is 128 cm³/mol. The summed E-state index contributed by atoms with van der Waals surface area (Å²) in [7, 11) is 0. The molecule has 3 rings (SSSR count). The van der Waals surface area contributed by atoms with Crippen molar-refractivity contribution in [2.24, 2.45) is 0 Å². The molecule has 1 unspecified atom stereocenters. The van der Waals surface area contributed by atoms with Crippen LogP contribution in [0.2, 0.25) is 0 Å². The lowest BCUT2D eigenvalue weighted by Crippen LogP contribution is -1.97. The van der Waals surface area contributed by atoms with Gasteiger partial charge in [-0.25, -0.2) is 0 Å². The summed E-state index contributed by atoms with van der Waals surface area (Å²) in [5.74, 6) is 0.675. The highest BCUT2D eigenvalue weighted by molar-refractivity contribution is 7.17. The van der Waals surface area contributed by atoms with Crippen LogP contribution >= 0.6 is 11.3 Å². The number of unbranched alkanes of at least 4 members (excludes halogenated alkanes) is 6. The van der Waals surface area contributed by atoms with Gasteiger partial charge in [0.25, 0.3) is 0 Å². The van der Waals surface area contributed by atoms with E-state index < -0.39 is 0 Å². The number of nitrogens with zero attached hydrogens (tertiary/aromatic N) is 1. The number of ketones is 1. The van der Waals surface area contributed by atoms with Crippen LogP contribution in [0.15, 0.2) is 53.1 Å². The first-order valence-electron chi connectivity index (χ1n) is 11.4. The molecule has 0 N–H and O–H groups in total. The van der Waals surface area contributed by atoms with E-state index in [1.807, 2.05) is 24.3 Å². The molecule has 0 bridgehead atoms. The minimum absolute atomic E-state index is 0.0701. The third kappa shape index (κ3) is 6.18. The summed E-state index contributed by atoms with van der Waals surface area (Å²) in [4.78, 5) is 14.7. The molecule has 3 aromatic rings. The molecule has 0 saturated carbocycles. The number of benzene rings is 1. The maximum atomic E-state index is 12.9. The summed E-state index contributed by atoms with van der Waals surface area (Å²) < 4.78 is 5.34. The van der Waals surface area contributed by atoms with E-state index in [0.29, 0.717) is 22.1 Å². The zero-order valence-corrected chi connectivity index (χ0v) is 19.3. The Morgan fingerprint density at radius 3 is 2.42 bits per heavy atom.